The normalized spacial score (nSPS) is 20.4. The minimum atomic E-state index is -0.124. The van der Waals surface area contributed by atoms with E-state index in [1.165, 1.54) is 16.7 Å². The predicted molar refractivity (Wildman–Crippen MR) is 64.9 cm³/mol. The largest absolute Gasteiger partial charge is 0.314 e. The second-order valence-electron chi connectivity index (χ2n) is 5.10. The molecule has 1 spiro atoms. The van der Waals surface area contributed by atoms with Crippen LogP contribution in [0.1, 0.15) is 36.5 Å². The molecule has 0 saturated heterocycles. The van der Waals surface area contributed by atoms with Crippen LogP contribution in [0.2, 0.25) is 0 Å². The summed E-state index contributed by atoms with van der Waals surface area (Å²) < 4.78 is 0. The van der Waals surface area contributed by atoms with Crippen molar-refractivity contribution in [3.63, 3.8) is 0 Å². The van der Waals surface area contributed by atoms with E-state index in [4.69, 9.17) is 0 Å². The minimum Gasteiger partial charge on any atom is -0.314 e. The fourth-order valence-corrected chi connectivity index (χ4v) is 2.94. The number of fused-ring (bicyclic) bond motifs is 2. The van der Waals surface area contributed by atoms with Crippen molar-refractivity contribution < 1.29 is 4.79 Å². The maximum atomic E-state index is 12.2. The van der Waals surface area contributed by atoms with Gasteiger partial charge in [-0.15, -0.1) is 0 Å². The molecule has 1 amide bonds. The van der Waals surface area contributed by atoms with E-state index in [9.17, 15) is 4.79 Å². The molecule has 16 heavy (non-hydrogen) atoms. The van der Waals surface area contributed by atoms with Crippen molar-refractivity contribution in [2.45, 2.75) is 38.5 Å². The molecular weight excluding hydrogens is 198 g/mol. The molecule has 0 N–H and O–H groups in total. The number of hydrogen-bond acceptors (Lipinski definition) is 1. The van der Waals surface area contributed by atoms with Gasteiger partial charge in [-0.1, -0.05) is 13.0 Å². The summed E-state index contributed by atoms with van der Waals surface area (Å²) >= 11 is 0. The highest BCUT2D eigenvalue weighted by Gasteiger charge is 2.58. The Morgan fingerprint density at radius 2 is 2.06 bits per heavy atom. The number of amides is 1. The number of likely N-dealkylation sites (N-methyl/N-ethyl adjacent to an activating group) is 1. The van der Waals surface area contributed by atoms with Crippen LogP contribution in [-0.2, 0) is 16.6 Å². The topological polar surface area (TPSA) is 20.3 Å². The van der Waals surface area contributed by atoms with Crippen LogP contribution >= 0.6 is 0 Å². The van der Waals surface area contributed by atoms with E-state index in [0.29, 0.717) is 5.91 Å². The van der Waals surface area contributed by atoms with Crippen molar-refractivity contribution in [3.8, 4) is 0 Å². The maximum absolute atomic E-state index is 12.2. The van der Waals surface area contributed by atoms with E-state index in [2.05, 4.69) is 26.0 Å². The van der Waals surface area contributed by atoms with Crippen molar-refractivity contribution >= 4 is 11.6 Å². The molecule has 2 aliphatic rings. The maximum Gasteiger partial charge on any atom is 0.237 e. The third-order valence-electron chi connectivity index (χ3n) is 4.18. The Morgan fingerprint density at radius 1 is 1.38 bits per heavy atom. The summed E-state index contributed by atoms with van der Waals surface area (Å²) in [6, 6.07) is 4.44. The van der Waals surface area contributed by atoms with E-state index in [-0.39, 0.29) is 5.41 Å². The zero-order chi connectivity index (χ0) is 11.5. The average molecular weight is 215 g/mol. The number of anilines is 1. The molecule has 0 aromatic heterocycles. The van der Waals surface area contributed by atoms with Gasteiger partial charge < -0.3 is 4.90 Å². The third-order valence-corrected chi connectivity index (χ3v) is 4.18. The Labute approximate surface area is 96.3 Å². The third kappa shape index (κ3) is 0.998. The first-order valence-electron chi connectivity index (χ1n) is 6.02. The lowest BCUT2D eigenvalue weighted by Crippen LogP contribution is -2.27. The van der Waals surface area contributed by atoms with Crippen LogP contribution in [0.25, 0.3) is 0 Å². The van der Waals surface area contributed by atoms with Gasteiger partial charge in [0.25, 0.3) is 0 Å². The molecule has 1 fully saturated rings. The first-order valence-corrected chi connectivity index (χ1v) is 6.02. The van der Waals surface area contributed by atoms with Gasteiger partial charge in [-0.05, 0) is 48.9 Å². The number of carbonyl (C=O) groups excluding carboxylic acids is 1. The van der Waals surface area contributed by atoms with Crippen LogP contribution in [-0.4, -0.2) is 13.0 Å². The highest BCUT2D eigenvalue weighted by atomic mass is 16.2. The Hall–Kier alpha value is -1.31. The van der Waals surface area contributed by atoms with Crippen molar-refractivity contribution in [3.05, 3.63) is 28.8 Å². The summed E-state index contributed by atoms with van der Waals surface area (Å²) in [5.41, 5.74) is 4.98. The van der Waals surface area contributed by atoms with E-state index >= 15 is 0 Å². The van der Waals surface area contributed by atoms with Crippen LogP contribution in [0.5, 0.6) is 0 Å². The molecule has 1 aliphatic carbocycles. The molecule has 0 bridgehead atoms. The van der Waals surface area contributed by atoms with Gasteiger partial charge in [0, 0.05) is 12.7 Å². The molecule has 1 aromatic rings. The Kier molecular flexibility index (Phi) is 1.78. The highest BCUT2D eigenvalue weighted by Crippen LogP contribution is 2.57. The van der Waals surface area contributed by atoms with Crippen LogP contribution in [0, 0.1) is 6.92 Å². The molecule has 2 nitrogen and oxygen atoms in total. The first kappa shape index (κ1) is 9.88. The standard InChI is InChI=1S/C14H17NO/c1-4-10-8-12-11(7-9(10)2)14(5-6-14)13(16)15(12)3/h7-8H,4-6H2,1-3H3. The molecule has 0 unspecified atom stereocenters. The molecule has 1 aromatic carbocycles. The smallest absolute Gasteiger partial charge is 0.237 e. The van der Waals surface area contributed by atoms with E-state index in [0.717, 1.165) is 24.9 Å². The van der Waals surface area contributed by atoms with E-state index in [1.807, 2.05) is 11.9 Å². The van der Waals surface area contributed by atoms with Crippen molar-refractivity contribution in [1.82, 2.24) is 0 Å². The Morgan fingerprint density at radius 3 is 2.62 bits per heavy atom. The van der Waals surface area contributed by atoms with Crippen molar-refractivity contribution in [2.75, 3.05) is 11.9 Å². The monoisotopic (exact) mass is 215 g/mol. The minimum absolute atomic E-state index is 0.124. The summed E-state index contributed by atoms with van der Waals surface area (Å²) in [7, 11) is 1.91. The number of aryl methyl sites for hydroxylation is 2. The fourth-order valence-electron chi connectivity index (χ4n) is 2.94. The quantitative estimate of drug-likeness (QED) is 0.705. The molecule has 1 aliphatic heterocycles. The zero-order valence-electron chi connectivity index (χ0n) is 10.1. The van der Waals surface area contributed by atoms with Gasteiger partial charge in [0.1, 0.15) is 0 Å². The van der Waals surface area contributed by atoms with Gasteiger partial charge in [-0.2, -0.15) is 0 Å². The van der Waals surface area contributed by atoms with Gasteiger partial charge in [0.05, 0.1) is 5.41 Å². The number of benzene rings is 1. The lowest BCUT2D eigenvalue weighted by Gasteiger charge is -2.12. The van der Waals surface area contributed by atoms with Crippen LogP contribution in [0.15, 0.2) is 12.1 Å². The summed E-state index contributed by atoms with van der Waals surface area (Å²) in [5.74, 6) is 0.301. The zero-order valence-corrected chi connectivity index (χ0v) is 10.1. The average Bonchev–Trinajstić information content (AvgIpc) is 3.04. The summed E-state index contributed by atoms with van der Waals surface area (Å²) in [6.45, 7) is 4.32. The Bertz CT molecular complexity index is 486. The van der Waals surface area contributed by atoms with E-state index in [1.54, 1.807) is 0 Å². The van der Waals surface area contributed by atoms with Crippen LogP contribution in [0.4, 0.5) is 5.69 Å². The second kappa shape index (κ2) is 2.88. The number of hydrogen-bond donors (Lipinski definition) is 0. The molecule has 84 valence electrons. The number of nitrogens with zero attached hydrogens (tertiary/aromatic N) is 1. The van der Waals surface area contributed by atoms with Crippen molar-refractivity contribution in [1.29, 1.82) is 0 Å². The number of rotatable bonds is 1. The summed E-state index contributed by atoms with van der Waals surface area (Å²) in [5, 5.41) is 0. The molecule has 0 atom stereocenters. The lowest BCUT2D eigenvalue weighted by atomic mass is 9.93. The number of carbonyl (C=O) groups is 1. The SMILES string of the molecule is CCc1cc2c(cc1C)C1(CC1)C(=O)N2C. The molecule has 1 saturated carbocycles. The Balaban J connectivity index is 2.23. The predicted octanol–water partition coefficient (Wildman–Crippen LogP) is 2.57. The van der Waals surface area contributed by atoms with Gasteiger partial charge in [-0.3, -0.25) is 4.79 Å². The van der Waals surface area contributed by atoms with Crippen LogP contribution < -0.4 is 4.90 Å². The van der Waals surface area contributed by atoms with Gasteiger partial charge in [0.15, 0.2) is 0 Å². The van der Waals surface area contributed by atoms with Gasteiger partial charge in [0.2, 0.25) is 5.91 Å². The van der Waals surface area contributed by atoms with Crippen molar-refractivity contribution in [2.24, 2.45) is 0 Å². The molecule has 3 rings (SSSR count). The van der Waals surface area contributed by atoms with Crippen LogP contribution in [0.3, 0.4) is 0 Å². The van der Waals surface area contributed by atoms with Gasteiger partial charge in [-0.25, -0.2) is 0 Å². The van der Waals surface area contributed by atoms with Gasteiger partial charge >= 0.3 is 0 Å². The molecule has 0 radical (unpaired) electrons. The van der Waals surface area contributed by atoms with E-state index < -0.39 is 0 Å². The highest BCUT2D eigenvalue weighted by molar-refractivity contribution is 6.09. The summed E-state index contributed by atoms with van der Waals surface area (Å²) in [6.07, 6.45) is 3.11. The molecular formula is C14H17NO. The lowest BCUT2D eigenvalue weighted by molar-refractivity contribution is -0.119. The second-order valence-corrected chi connectivity index (χ2v) is 5.10. The molecule has 1 heterocycles. The first-order chi connectivity index (χ1) is 7.60. The fraction of sp³-hybridized carbons (Fsp3) is 0.500. The summed E-state index contributed by atoms with van der Waals surface area (Å²) in [4.78, 5) is 14.0. The molecule has 2 heteroatoms.